The minimum absolute atomic E-state index is 0.00994. The van der Waals surface area contributed by atoms with Gasteiger partial charge < -0.3 is 10.2 Å². The number of carbonyl (C=O) groups excluding carboxylic acids is 2. The molecule has 1 unspecified atom stereocenters. The summed E-state index contributed by atoms with van der Waals surface area (Å²) in [6.45, 7) is 2.87. The third kappa shape index (κ3) is 2.85. The van der Waals surface area contributed by atoms with Gasteiger partial charge in [0, 0.05) is 18.0 Å². The highest BCUT2D eigenvalue weighted by atomic mass is 32.1. The summed E-state index contributed by atoms with van der Waals surface area (Å²) in [6.07, 6.45) is 0.325. The molecule has 0 bridgehead atoms. The summed E-state index contributed by atoms with van der Waals surface area (Å²) in [5.74, 6) is -0.0930. The van der Waals surface area contributed by atoms with Gasteiger partial charge in [0.15, 0.2) is 0 Å². The number of amides is 2. The largest absolute Gasteiger partial charge is 0.353 e. The highest BCUT2D eigenvalue weighted by Gasteiger charge is 2.28. The molecule has 0 radical (unpaired) electrons. The van der Waals surface area contributed by atoms with Crippen LogP contribution < -0.4 is 5.32 Å². The molecule has 1 aliphatic heterocycles. The van der Waals surface area contributed by atoms with Crippen molar-refractivity contribution < 1.29 is 9.59 Å². The van der Waals surface area contributed by atoms with Gasteiger partial charge in [0.1, 0.15) is 6.04 Å². The van der Waals surface area contributed by atoms with Gasteiger partial charge in [-0.3, -0.25) is 9.59 Å². The Hall–Kier alpha value is -1.49. The van der Waals surface area contributed by atoms with E-state index in [0.29, 0.717) is 19.5 Å². The molecule has 2 rings (SSSR count). The Balaban J connectivity index is 2.03. The lowest BCUT2D eigenvalue weighted by Crippen LogP contribution is -2.56. The minimum atomic E-state index is -0.379. The smallest absolute Gasteiger partial charge is 0.242 e. The third-order valence-corrected chi connectivity index (χ3v) is 3.41. The zero-order chi connectivity index (χ0) is 13.1. The Labute approximate surface area is 112 Å². The number of benzene rings is 1. The van der Waals surface area contributed by atoms with E-state index in [0.717, 1.165) is 10.5 Å². The van der Waals surface area contributed by atoms with Crippen LogP contribution in [0.3, 0.4) is 0 Å². The van der Waals surface area contributed by atoms with Gasteiger partial charge in [0.2, 0.25) is 11.8 Å². The van der Waals surface area contributed by atoms with Crippen molar-refractivity contribution in [2.75, 3.05) is 13.1 Å². The van der Waals surface area contributed by atoms with Crippen LogP contribution in [-0.4, -0.2) is 35.8 Å². The average molecular weight is 264 g/mol. The molecule has 1 fully saturated rings. The summed E-state index contributed by atoms with van der Waals surface area (Å²) < 4.78 is 0. The molecule has 18 heavy (non-hydrogen) atoms. The van der Waals surface area contributed by atoms with E-state index in [-0.39, 0.29) is 17.9 Å². The summed E-state index contributed by atoms with van der Waals surface area (Å²) in [6, 6.07) is 7.11. The van der Waals surface area contributed by atoms with Crippen molar-refractivity contribution in [3.63, 3.8) is 0 Å². The van der Waals surface area contributed by atoms with Gasteiger partial charge in [-0.25, -0.2) is 0 Å². The molecule has 0 aromatic heterocycles. The summed E-state index contributed by atoms with van der Waals surface area (Å²) in [7, 11) is 0. The molecule has 0 aliphatic carbocycles. The maximum atomic E-state index is 12.1. The van der Waals surface area contributed by atoms with Gasteiger partial charge >= 0.3 is 0 Å². The lowest BCUT2D eigenvalue weighted by atomic mass is 10.1. The van der Waals surface area contributed by atoms with E-state index in [1.54, 1.807) is 11.8 Å². The molecule has 1 aromatic carbocycles. The topological polar surface area (TPSA) is 49.4 Å². The van der Waals surface area contributed by atoms with E-state index in [1.165, 1.54) is 0 Å². The van der Waals surface area contributed by atoms with Crippen LogP contribution in [-0.2, 0) is 16.0 Å². The second kappa shape index (κ2) is 5.44. The van der Waals surface area contributed by atoms with Gasteiger partial charge in [0.05, 0.1) is 6.42 Å². The van der Waals surface area contributed by atoms with E-state index >= 15 is 0 Å². The Morgan fingerprint density at radius 3 is 2.78 bits per heavy atom. The Bertz CT molecular complexity index is 459. The van der Waals surface area contributed by atoms with E-state index in [4.69, 9.17) is 0 Å². The van der Waals surface area contributed by atoms with Crippen LogP contribution in [0, 0.1) is 0 Å². The maximum Gasteiger partial charge on any atom is 0.242 e. The minimum Gasteiger partial charge on any atom is -0.353 e. The maximum absolute atomic E-state index is 12.1. The summed E-state index contributed by atoms with van der Waals surface area (Å²) >= 11 is 4.20. The molecule has 1 N–H and O–H groups in total. The Kier molecular flexibility index (Phi) is 3.91. The molecule has 1 atom stereocenters. The molecule has 1 heterocycles. The fourth-order valence-corrected chi connectivity index (χ4v) is 2.16. The van der Waals surface area contributed by atoms with E-state index in [1.807, 2.05) is 24.3 Å². The molecule has 96 valence electrons. The first-order chi connectivity index (χ1) is 8.58. The monoisotopic (exact) mass is 264 g/mol. The van der Waals surface area contributed by atoms with Crippen molar-refractivity contribution >= 4 is 24.4 Å². The van der Waals surface area contributed by atoms with Crippen LogP contribution in [0.25, 0.3) is 0 Å². The van der Waals surface area contributed by atoms with Crippen molar-refractivity contribution in [2.24, 2.45) is 0 Å². The molecule has 1 aliphatic rings. The standard InChI is InChI=1S/C13H16N2O2S/c1-9-13(17)14-6-7-15(9)12(16)8-10-2-4-11(18)5-3-10/h2-5,9,18H,6-8H2,1H3,(H,14,17). The lowest BCUT2D eigenvalue weighted by Gasteiger charge is -2.32. The Morgan fingerprint density at radius 2 is 2.11 bits per heavy atom. The highest BCUT2D eigenvalue weighted by Crippen LogP contribution is 2.11. The molecule has 5 heteroatoms. The van der Waals surface area contributed by atoms with E-state index in [9.17, 15) is 9.59 Å². The second-order valence-electron chi connectivity index (χ2n) is 4.40. The van der Waals surface area contributed by atoms with Crippen LogP contribution in [0.5, 0.6) is 0 Å². The third-order valence-electron chi connectivity index (χ3n) is 3.11. The molecule has 4 nitrogen and oxygen atoms in total. The first kappa shape index (κ1) is 13.0. The highest BCUT2D eigenvalue weighted by molar-refractivity contribution is 7.80. The number of carbonyl (C=O) groups is 2. The van der Waals surface area contributed by atoms with Crippen molar-refractivity contribution in [3.05, 3.63) is 29.8 Å². The SMILES string of the molecule is CC1C(=O)NCCN1C(=O)Cc1ccc(S)cc1. The molecule has 1 saturated heterocycles. The zero-order valence-corrected chi connectivity index (χ0v) is 11.1. The number of thiol groups is 1. The summed E-state index contributed by atoms with van der Waals surface area (Å²) in [5, 5.41) is 2.75. The quantitative estimate of drug-likeness (QED) is 0.779. The van der Waals surface area contributed by atoms with Crippen molar-refractivity contribution in [2.45, 2.75) is 24.3 Å². The fraction of sp³-hybridized carbons (Fsp3) is 0.385. The number of hydrogen-bond acceptors (Lipinski definition) is 3. The van der Waals surface area contributed by atoms with E-state index in [2.05, 4.69) is 17.9 Å². The van der Waals surface area contributed by atoms with Gasteiger partial charge in [-0.05, 0) is 24.6 Å². The van der Waals surface area contributed by atoms with Crippen LogP contribution in [0.1, 0.15) is 12.5 Å². The number of piperazine rings is 1. The fourth-order valence-electron chi connectivity index (χ4n) is 2.01. The average Bonchev–Trinajstić information content (AvgIpc) is 2.35. The normalized spacial score (nSPS) is 19.6. The summed E-state index contributed by atoms with van der Waals surface area (Å²) in [5.41, 5.74) is 0.941. The number of nitrogens with one attached hydrogen (secondary N) is 1. The van der Waals surface area contributed by atoms with Crippen LogP contribution >= 0.6 is 12.6 Å². The van der Waals surface area contributed by atoms with Gasteiger partial charge in [-0.1, -0.05) is 12.1 Å². The van der Waals surface area contributed by atoms with Crippen molar-refractivity contribution in [1.82, 2.24) is 10.2 Å². The Morgan fingerprint density at radius 1 is 1.44 bits per heavy atom. The van der Waals surface area contributed by atoms with Crippen LogP contribution in [0.4, 0.5) is 0 Å². The van der Waals surface area contributed by atoms with E-state index < -0.39 is 0 Å². The van der Waals surface area contributed by atoms with Gasteiger partial charge in [-0.15, -0.1) is 12.6 Å². The van der Waals surface area contributed by atoms with Crippen LogP contribution in [0.2, 0.25) is 0 Å². The molecule has 2 amide bonds. The van der Waals surface area contributed by atoms with Crippen LogP contribution in [0.15, 0.2) is 29.2 Å². The second-order valence-corrected chi connectivity index (χ2v) is 4.91. The number of nitrogens with zero attached hydrogens (tertiary/aromatic N) is 1. The van der Waals surface area contributed by atoms with Gasteiger partial charge in [-0.2, -0.15) is 0 Å². The molecular formula is C13H16N2O2S. The summed E-state index contributed by atoms with van der Waals surface area (Å²) in [4.78, 5) is 26.1. The zero-order valence-electron chi connectivity index (χ0n) is 10.2. The molecular weight excluding hydrogens is 248 g/mol. The molecule has 0 saturated carbocycles. The first-order valence-corrected chi connectivity index (χ1v) is 6.38. The van der Waals surface area contributed by atoms with Crippen molar-refractivity contribution in [1.29, 1.82) is 0 Å². The van der Waals surface area contributed by atoms with Gasteiger partial charge in [0.25, 0.3) is 0 Å². The first-order valence-electron chi connectivity index (χ1n) is 5.93. The lowest BCUT2D eigenvalue weighted by molar-refractivity contribution is -0.142. The molecule has 0 spiro atoms. The number of hydrogen-bond donors (Lipinski definition) is 2. The predicted octanol–water partition coefficient (Wildman–Crippen LogP) is 0.865. The number of rotatable bonds is 2. The molecule has 1 aromatic rings. The van der Waals surface area contributed by atoms with Crippen molar-refractivity contribution in [3.8, 4) is 0 Å². The predicted molar refractivity (Wildman–Crippen MR) is 71.6 cm³/mol.